The van der Waals surface area contributed by atoms with Crippen LogP contribution < -0.4 is 0 Å². The lowest BCUT2D eigenvalue weighted by Crippen LogP contribution is -2.02. The monoisotopic (exact) mass is 98.1 g/mol. The Bertz CT molecular complexity index is 80.2. The third-order valence-electron chi connectivity index (χ3n) is 1.36. The first-order chi connectivity index (χ1) is 3.34. The molecule has 0 heterocycles. The van der Waals surface area contributed by atoms with Crippen molar-refractivity contribution in [3.05, 3.63) is 12.2 Å². The fourth-order valence-corrected chi connectivity index (χ4v) is 0.565. The Hall–Kier alpha value is -0.300. The number of allylic oxidation sites excluding steroid dienone is 2. The molecule has 0 aromatic rings. The van der Waals surface area contributed by atoms with Crippen LogP contribution in [0.25, 0.3) is 0 Å². The normalized spacial score (nSPS) is 22.6. The maximum Gasteiger partial charge on any atom is 0.0465 e. The highest BCUT2D eigenvalue weighted by atomic mass is 16.3. The predicted molar refractivity (Wildman–Crippen MR) is 28.9 cm³/mol. The fraction of sp³-hybridized carbons (Fsp3) is 0.667. The molecule has 1 nitrogen and oxygen atoms in total. The summed E-state index contributed by atoms with van der Waals surface area (Å²) in [7, 11) is 0. The van der Waals surface area contributed by atoms with Gasteiger partial charge in [-0.1, -0.05) is 19.1 Å². The predicted octanol–water partition coefficient (Wildman–Crippen LogP) is 0.801. The molecule has 1 heteroatoms. The van der Waals surface area contributed by atoms with E-state index in [-0.39, 0.29) is 0 Å². The van der Waals surface area contributed by atoms with Crippen LogP contribution in [0.3, 0.4) is 0 Å². The van der Waals surface area contributed by atoms with Crippen molar-refractivity contribution in [2.45, 2.75) is 6.92 Å². The van der Waals surface area contributed by atoms with E-state index in [4.69, 9.17) is 5.11 Å². The van der Waals surface area contributed by atoms with Gasteiger partial charge in [-0.25, -0.2) is 0 Å². The quantitative estimate of drug-likeness (QED) is 0.506. The maximum absolute atomic E-state index is 8.51. The van der Waals surface area contributed by atoms with Crippen LogP contribution in [0.15, 0.2) is 12.2 Å². The van der Waals surface area contributed by atoms with Gasteiger partial charge in [0, 0.05) is 6.61 Å². The molecule has 0 radical (unpaired) electrons. The zero-order chi connectivity index (χ0) is 5.28. The van der Waals surface area contributed by atoms with Gasteiger partial charge in [-0.3, -0.25) is 0 Å². The molecule has 0 unspecified atom stereocenters. The zero-order valence-electron chi connectivity index (χ0n) is 4.46. The molecule has 1 N–H and O–H groups in total. The molecule has 0 aliphatic heterocycles. The van der Waals surface area contributed by atoms with Gasteiger partial charge in [0.05, 0.1) is 0 Å². The first-order valence-electron chi connectivity index (χ1n) is 2.64. The van der Waals surface area contributed by atoms with Gasteiger partial charge < -0.3 is 5.11 Å². The third kappa shape index (κ3) is 1.03. The van der Waals surface area contributed by atoms with Gasteiger partial charge >= 0.3 is 0 Å². The molecule has 1 aliphatic carbocycles. The summed E-state index contributed by atoms with van der Waals surface area (Å²) in [5, 5.41) is 8.51. The first kappa shape index (κ1) is 4.85. The van der Waals surface area contributed by atoms with E-state index in [1.165, 1.54) is 0 Å². The minimum Gasteiger partial charge on any atom is -0.396 e. The lowest BCUT2D eigenvalue weighted by atomic mass is 10.1. The molecule has 0 fully saturated rings. The Morgan fingerprint density at radius 2 is 2.29 bits per heavy atom. The number of aliphatic hydroxyl groups excluding tert-OH is 1. The van der Waals surface area contributed by atoms with E-state index in [0.29, 0.717) is 18.4 Å². The number of hydrogen-bond donors (Lipinski definition) is 1. The molecule has 7 heavy (non-hydrogen) atoms. The van der Waals surface area contributed by atoms with Crippen LogP contribution in [0, 0.1) is 11.8 Å². The van der Waals surface area contributed by atoms with Crippen molar-refractivity contribution in [2.75, 3.05) is 6.61 Å². The van der Waals surface area contributed by atoms with E-state index in [1.807, 2.05) is 6.92 Å². The zero-order valence-corrected chi connectivity index (χ0v) is 4.46. The van der Waals surface area contributed by atoms with Crippen LogP contribution >= 0.6 is 0 Å². The van der Waals surface area contributed by atoms with Crippen LogP contribution in [-0.4, -0.2) is 11.7 Å². The molecule has 0 amide bonds. The van der Waals surface area contributed by atoms with Gasteiger partial charge in [-0.2, -0.15) is 0 Å². The second-order valence-corrected chi connectivity index (χ2v) is 2.12. The summed E-state index contributed by atoms with van der Waals surface area (Å²) in [5.41, 5.74) is 0. The molecule has 0 bridgehead atoms. The van der Waals surface area contributed by atoms with Gasteiger partial charge in [0.2, 0.25) is 0 Å². The van der Waals surface area contributed by atoms with Gasteiger partial charge in [-0.15, -0.1) is 0 Å². The second kappa shape index (κ2) is 1.66. The summed E-state index contributed by atoms with van der Waals surface area (Å²) in [5.74, 6) is 1.07. The molecule has 0 saturated carbocycles. The smallest absolute Gasteiger partial charge is 0.0465 e. The molecule has 0 spiro atoms. The van der Waals surface area contributed by atoms with Gasteiger partial charge in [-0.05, 0) is 11.8 Å². The molecule has 1 aliphatic rings. The molecule has 40 valence electrons. The number of rotatable bonds is 2. The molecule has 1 rings (SSSR count). The average molecular weight is 98.1 g/mol. The van der Waals surface area contributed by atoms with Crippen LogP contribution in [0.1, 0.15) is 6.92 Å². The summed E-state index contributed by atoms with van der Waals surface area (Å²) in [6.07, 6.45) is 4.22. The highest BCUT2D eigenvalue weighted by Crippen LogP contribution is 2.24. The minimum absolute atomic E-state index is 0.317. The Kier molecular flexibility index (Phi) is 1.15. The van der Waals surface area contributed by atoms with Crippen molar-refractivity contribution in [2.24, 2.45) is 11.8 Å². The Balaban J connectivity index is 2.12. The van der Waals surface area contributed by atoms with E-state index in [2.05, 4.69) is 12.2 Å². The summed E-state index contributed by atoms with van der Waals surface area (Å²) in [4.78, 5) is 0. The maximum atomic E-state index is 8.51. The summed E-state index contributed by atoms with van der Waals surface area (Å²) in [6, 6.07) is 0. The van der Waals surface area contributed by atoms with Crippen LogP contribution in [-0.2, 0) is 0 Å². The molecule has 0 saturated heterocycles. The first-order valence-corrected chi connectivity index (χ1v) is 2.64. The van der Waals surface area contributed by atoms with E-state index in [1.54, 1.807) is 0 Å². The molecular formula is C6H10O. The third-order valence-corrected chi connectivity index (χ3v) is 1.36. The largest absolute Gasteiger partial charge is 0.396 e. The van der Waals surface area contributed by atoms with Crippen molar-refractivity contribution in [1.29, 1.82) is 0 Å². The minimum atomic E-state index is 0.317. The lowest BCUT2D eigenvalue weighted by molar-refractivity contribution is 0.228. The molecule has 1 atom stereocenters. The van der Waals surface area contributed by atoms with Gasteiger partial charge in [0.1, 0.15) is 0 Å². The SMILES string of the molecule is C[C@@H](CO)C1C=C1. The number of aliphatic hydroxyl groups is 1. The second-order valence-electron chi connectivity index (χ2n) is 2.12. The van der Waals surface area contributed by atoms with Crippen molar-refractivity contribution in [1.82, 2.24) is 0 Å². The summed E-state index contributed by atoms with van der Waals surface area (Å²) < 4.78 is 0. The lowest BCUT2D eigenvalue weighted by Gasteiger charge is -2.01. The summed E-state index contributed by atoms with van der Waals surface area (Å²) >= 11 is 0. The van der Waals surface area contributed by atoms with Crippen LogP contribution in [0.2, 0.25) is 0 Å². The fourth-order valence-electron chi connectivity index (χ4n) is 0.565. The highest BCUT2D eigenvalue weighted by Gasteiger charge is 2.17. The molecule has 0 aromatic heterocycles. The molecular weight excluding hydrogens is 88.1 g/mol. The van der Waals surface area contributed by atoms with E-state index in [0.717, 1.165) is 0 Å². The van der Waals surface area contributed by atoms with Crippen molar-refractivity contribution in [3.63, 3.8) is 0 Å². The summed E-state index contributed by atoms with van der Waals surface area (Å²) in [6.45, 7) is 2.36. The van der Waals surface area contributed by atoms with Crippen molar-refractivity contribution < 1.29 is 5.11 Å². The highest BCUT2D eigenvalue weighted by molar-refractivity contribution is 5.14. The van der Waals surface area contributed by atoms with Crippen LogP contribution in [0.5, 0.6) is 0 Å². The van der Waals surface area contributed by atoms with E-state index >= 15 is 0 Å². The number of hydrogen-bond acceptors (Lipinski definition) is 1. The van der Waals surface area contributed by atoms with E-state index in [9.17, 15) is 0 Å². The van der Waals surface area contributed by atoms with Crippen molar-refractivity contribution >= 4 is 0 Å². The van der Waals surface area contributed by atoms with Gasteiger partial charge in [0.25, 0.3) is 0 Å². The standard InChI is InChI=1S/C6H10O/c1-5(4-7)6-2-3-6/h2-3,5-7H,4H2,1H3/t5-/m0/s1. The Labute approximate surface area is 43.7 Å². The topological polar surface area (TPSA) is 20.2 Å². The van der Waals surface area contributed by atoms with Crippen LogP contribution in [0.4, 0.5) is 0 Å². The Morgan fingerprint density at radius 1 is 1.71 bits per heavy atom. The molecule has 0 aromatic carbocycles. The van der Waals surface area contributed by atoms with E-state index < -0.39 is 0 Å². The Morgan fingerprint density at radius 3 is 2.43 bits per heavy atom. The van der Waals surface area contributed by atoms with Crippen molar-refractivity contribution in [3.8, 4) is 0 Å². The average Bonchev–Trinajstić information content (AvgIpc) is 2.44. The van der Waals surface area contributed by atoms with Gasteiger partial charge in [0.15, 0.2) is 0 Å².